The molecule has 1 saturated heterocycles. The van der Waals surface area contributed by atoms with Crippen LogP contribution in [-0.2, 0) is 16.0 Å². The molecule has 6 nitrogen and oxygen atoms in total. The first-order valence-corrected chi connectivity index (χ1v) is 6.56. The molecule has 0 spiro atoms. The zero-order valence-electron chi connectivity index (χ0n) is 11.1. The van der Waals surface area contributed by atoms with Crippen LogP contribution in [-0.4, -0.2) is 36.9 Å². The highest BCUT2D eigenvalue weighted by Gasteiger charge is 2.28. The predicted octanol–water partition coefficient (Wildman–Crippen LogP) is 0.339. The molecule has 2 amide bonds. The Bertz CT molecular complexity index is 536. The number of rotatable bonds is 3. The van der Waals surface area contributed by atoms with Crippen LogP contribution in [0.15, 0.2) is 18.2 Å². The first-order valence-electron chi connectivity index (χ1n) is 6.18. The first kappa shape index (κ1) is 14.6. The lowest BCUT2D eigenvalue weighted by atomic mass is 9.97. The average molecular weight is 298 g/mol. The maximum atomic E-state index is 12.2. The lowest BCUT2D eigenvalue weighted by Gasteiger charge is -2.19. The Kier molecular flexibility index (Phi) is 4.46. The van der Waals surface area contributed by atoms with Crippen molar-refractivity contribution in [1.82, 2.24) is 10.2 Å². The molecule has 1 aliphatic heterocycles. The van der Waals surface area contributed by atoms with Gasteiger partial charge in [0.25, 0.3) is 0 Å². The topological polar surface area (TPSA) is 84.7 Å². The summed E-state index contributed by atoms with van der Waals surface area (Å²) in [6.45, 7) is 0.365. The van der Waals surface area contributed by atoms with E-state index in [1.807, 2.05) is 0 Å². The van der Waals surface area contributed by atoms with E-state index in [9.17, 15) is 9.59 Å². The first-order chi connectivity index (χ1) is 9.51. The van der Waals surface area contributed by atoms with Gasteiger partial charge in [-0.15, -0.1) is 0 Å². The molecular formula is C13H16ClN3O3. The Morgan fingerprint density at radius 1 is 1.50 bits per heavy atom. The number of halogens is 1. The normalized spacial score (nSPS) is 19.6. The average Bonchev–Trinajstić information content (AvgIpc) is 2.53. The summed E-state index contributed by atoms with van der Waals surface area (Å²) in [7, 11) is 1.61. The molecule has 20 heavy (non-hydrogen) atoms. The van der Waals surface area contributed by atoms with E-state index < -0.39 is 0 Å². The van der Waals surface area contributed by atoms with Crippen LogP contribution in [0, 0.1) is 5.92 Å². The van der Waals surface area contributed by atoms with E-state index in [2.05, 4.69) is 5.32 Å². The largest absolute Gasteiger partial charge is 0.411 e. The van der Waals surface area contributed by atoms with Crippen LogP contribution in [0.25, 0.3) is 0 Å². The molecule has 7 heteroatoms. The van der Waals surface area contributed by atoms with Crippen molar-refractivity contribution in [2.45, 2.75) is 6.42 Å². The van der Waals surface area contributed by atoms with Crippen LogP contribution in [0.2, 0.25) is 5.02 Å². The molecule has 1 aromatic carbocycles. The molecule has 0 bridgehead atoms. The lowest BCUT2D eigenvalue weighted by molar-refractivity contribution is -0.135. The van der Waals surface area contributed by atoms with Crippen molar-refractivity contribution in [2.75, 3.05) is 20.1 Å². The standard InChI is InChI=1S/C13H16ClN3O3/c1-17-7-12(18)16-6-9(13(17)19)4-8-5-10(14)2-3-11(8)20-15/h2-3,5,9H,4,6-7,15H2,1H3,(H,16,18). The highest BCUT2D eigenvalue weighted by Crippen LogP contribution is 2.25. The second-order valence-electron chi connectivity index (χ2n) is 4.77. The molecule has 1 unspecified atom stereocenters. The number of carbonyl (C=O) groups excluding carboxylic acids is 2. The van der Waals surface area contributed by atoms with Crippen LogP contribution < -0.4 is 16.1 Å². The number of nitrogens with one attached hydrogen (secondary N) is 1. The third-order valence-corrected chi connectivity index (χ3v) is 3.50. The fourth-order valence-electron chi connectivity index (χ4n) is 2.23. The number of nitrogens with zero attached hydrogens (tertiary/aromatic N) is 1. The van der Waals surface area contributed by atoms with E-state index in [1.165, 1.54) is 4.90 Å². The van der Waals surface area contributed by atoms with Gasteiger partial charge in [-0.25, -0.2) is 0 Å². The van der Waals surface area contributed by atoms with Crippen molar-refractivity contribution in [1.29, 1.82) is 0 Å². The Morgan fingerprint density at radius 3 is 2.95 bits per heavy atom. The summed E-state index contributed by atoms with van der Waals surface area (Å²) in [5.74, 6) is 5.07. The minimum Gasteiger partial charge on any atom is -0.411 e. The fourth-order valence-corrected chi connectivity index (χ4v) is 2.43. The van der Waals surface area contributed by atoms with Crippen LogP contribution in [0.5, 0.6) is 5.75 Å². The van der Waals surface area contributed by atoms with E-state index >= 15 is 0 Å². The summed E-state index contributed by atoms with van der Waals surface area (Å²) in [6, 6.07) is 5.03. The van der Waals surface area contributed by atoms with Crippen molar-refractivity contribution in [3.05, 3.63) is 28.8 Å². The lowest BCUT2D eigenvalue weighted by Crippen LogP contribution is -2.34. The quantitative estimate of drug-likeness (QED) is 0.788. The molecule has 0 aromatic heterocycles. The Labute approximate surface area is 121 Å². The molecule has 1 heterocycles. The van der Waals surface area contributed by atoms with Crippen molar-refractivity contribution < 1.29 is 14.4 Å². The molecular weight excluding hydrogens is 282 g/mol. The Balaban J connectivity index is 2.22. The van der Waals surface area contributed by atoms with Crippen molar-refractivity contribution in [2.24, 2.45) is 11.8 Å². The maximum Gasteiger partial charge on any atom is 0.239 e. The third kappa shape index (κ3) is 3.20. The van der Waals surface area contributed by atoms with Gasteiger partial charge in [-0.1, -0.05) is 11.6 Å². The summed E-state index contributed by atoms with van der Waals surface area (Å²) in [6.07, 6.45) is 0.399. The predicted molar refractivity (Wildman–Crippen MR) is 74.1 cm³/mol. The minimum absolute atomic E-state index is 0.0745. The van der Waals surface area contributed by atoms with Gasteiger partial charge in [0.05, 0.1) is 12.5 Å². The molecule has 1 atom stereocenters. The van der Waals surface area contributed by atoms with Crippen LogP contribution in [0.1, 0.15) is 5.56 Å². The number of hydrogen-bond acceptors (Lipinski definition) is 4. The van der Waals surface area contributed by atoms with Gasteiger partial charge in [0.1, 0.15) is 5.75 Å². The van der Waals surface area contributed by atoms with Gasteiger partial charge in [0.2, 0.25) is 11.8 Å². The van der Waals surface area contributed by atoms with Gasteiger partial charge in [0.15, 0.2) is 0 Å². The summed E-state index contributed by atoms with van der Waals surface area (Å²) in [5.41, 5.74) is 0.739. The maximum absolute atomic E-state index is 12.2. The Hall–Kier alpha value is -1.79. The number of hydrogen-bond donors (Lipinski definition) is 2. The van der Waals surface area contributed by atoms with Crippen molar-refractivity contribution in [3.63, 3.8) is 0 Å². The third-order valence-electron chi connectivity index (χ3n) is 3.27. The van der Waals surface area contributed by atoms with Gasteiger partial charge in [0, 0.05) is 18.6 Å². The monoisotopic (exact) mass is 297 g/mol. The number of amides is 2. The highest BCUT2D eigenvalue weighted by atomic mass is 35.5. The molecule has 0 saturated carbocycles. The molecule has 1 aliphatic rings. The molecule has 0 aliphatic carbocycles. The number of benzene rings is 1. The van der Waals surface area contributed by atoms with Gasteiger partial charge in [-0.05, 0) is 30.2 Å². The number of nitrogens with two attached hydrogens (primary N) is 1. The number of likely N-dealkylation sites (N-methyl/N-ethyl adjacent to an activating group) is 1. The van der Waals surface area contributed by atoms with E-state index in [-0.39, 0.29) is 24.3 Å². The molecule has 1 fully saturated rings. The molecule has 0 radical (unpaired) electrons. The van der Waals surface area contributed by atoms with Crippen molar-refractivity contribution >= 4 is 23.4 Å². The minimum atomic E-state index is -0.362. The summed E-state index contributed by atoms with van der Waals surface area (Å²) in [5, 5.41) is 3.26. The molecule has 1 aromatic rings. The molecule has 2 rings (SSSR count). The smallest absolute Gasteiger partial charge is 0.239 e. The van der Waals surface area contributed by atoms with Gasteiger partial charge >= 0.3 is 0 Å². The molecule has 108 valence electrons. The SMILES string of the molecule is CN1CC(=O)NCC(Cc2cc(Cl)ccc2ON)C1=O. The highest BCUT2D eigenvalue weighted by molar-refractivity contribution is 6.30. The zero-order valence-corrected chi connectivity index (χ0v) is 11.8. The van der Waals surface area contributed by atoms with Gasteiger partial charge < -0.3 is 15.1 Å². The van der Waals surface area contributed by atoms with Crippen molar-refractivity contribution in [3.8, 4) is 5.75 Å². The van der Waals surface area contributed by atoms with E-state index in [0.717, 1.165) is 5.56 Å². The van der Waals surface area contributed by atoms with Gasteiger partial charge in [-0.2, -0.15) is 5.90 Å². The summed E-state index contributed by atoms with van der Waals surface area (Å²) >= 11 is 5.95. The molecule has 3 N–H and O–H groups in total. The summed E-state index contributed by atoms with van der Waals surface area (Å²) < 4.78 is 0. The Morgan fingerprint density at radius 2 is 2.25 bits per heavy atom. The van der Waals surface area contributed by atoms with Crippen LogP contribution in [0.3, 0.4) is 0 Å². The van der Waals surface area contributed by atoms with Crippen LogP contribution >= 0.6 is 11.6 Å². The second kappa shape index (κ2) is 6.11. The zero-order chi connectivity index (χ0) is 14.7. The van der Waals surface area contributed by atoms with Crippen LogP contribution in [0.4, 0.5) is 0 Å². The fraction of sp³-hybridized carbons (Fsp3) is 0.385. The summed E-state index contributed by atoms with van der Waals surface area (Å²) in [4.78, 5) is 29.9. The van der Waals surface area contributed by atoms with E-state index in [4.69, 9.17) is 22.3 Å². The van der Waals surface area contributed by atoms with E-state index in [1.54, 1.807) is 25.2 Å². The van der Waals surface area contributed by atoms with E-state index in [0.29, 0.717) is 23.7 Å². The second-order valence-corrected chi connectivity index (χ2v) is 5.21. The number of carbonyl (C=O) groups is 2. The van der Waals surface area contributed by atoms with Gasteiger partial charge in [-0.3, -0.25) is 9.59 Å².